The van der Waals surface area contributed by atoms with Crippen LogP contribution in [0.1, 0.15) is 16.1 Å². The van der Waals surface area contributed by atoms with Crippen molar-refractivity contribution >= 4 is 11.6 Å². The Labute approximate surface area is 179 Å². The second kappa shape index (κ2) is 8.99. The fourth-order valence-electron chi connectivity index (χ4n) is 3.69. The van der Waals surface area contributed by atoms with Gasteiger partial charge in [-0.15, -0.1) is 0 Å². The largest absolute Gasteiger partial charge is 0.495 e. The molecule has 7 nitrogen and oxygen atoms in total. The molecule has 0 bridgehead atoms. The first-order valence-corrected chi connectivity index (χ1v) is 10.0. The van der Waals surface area contributed by atoms with E-state index in [0.717, 1.165) is 11.4 Å². The average Bonchev–Trinajstić information content (AvgIpc) is 2.80. The summed E-state index contributed by atoms with van der Waals surface area (Å²) in [6.45, 7) is 2.48. The molecule has 0 radical (unpaired) electrons. The molecule has 4 rings (SSSR count). The topological polar surface area (TPSA) is 67.7 Å². The van der Waals surface area contributed by atoms with Gasteiger partial charge in [0.2, 0.25) is 0 Å². The van der Waals surface area contributed by atoms with Crippen molar-refractivity contribution in [1.82, 2.24) is 14.7 Å². The molecule has 8 heteroatoms. The molecule has 3 aromatic rings. The highest BCUT2D eigenvalue weighted by atomic mass is 19.1. The van der Waals surface area contributed by atoms with Crippen LogP contribution in [0.25, 0.3) is 0 Å². The highest BCUT2D eigenvalue weighted by Gasteiger charge is 2.25. The van der Waals surface area contributed by atoms with E-state index in [-0.39, 0.29) is 29.5 Å². The van der Waals surface area contributed by atoms with Crippen molar-refractivity contribution in [2.75, 3.05) is 38.2 Å². The van der Waals surface area contributed by atoms with Gasteiger partial charge in [-0.05, 0) is 35.9 Å². The number of amides is 1. The molecule has 0 saturated carbocycles. The number of carbonyl (C=O) groups excluding carboxylic acids is 1. The van der Waals surface area contributed by atoms with Crippen molar-refractivity contribution in [1.29, 1.82) is 0 Å². The zero-order valence-electron chi connectivity index (χ0n) is 17.2. The number of piperazine rings is 1. The monoisotopic (exact) mass is 422 g/mol. The molecule has 1 aromatic heterocycles. The predicted octanol–water partition coefficient (Wildman–Crippen LogP) is 2.40. The van der Waals surface area contributed by atoms with Gasteiger partial charge < -0.3 is 14.5 Å². The first-order valence-electron chi connectivity index (χ1n) is 10.0. The Morgan fingerprint density at radius 1 is 1.03 bits per heavy atom. The van der Waals surface area contributed by atoms with Crippen LogP contribution in [-0.4, -0.2) is 53.9 Å². The van der Waals surface area contributed by atoms with Crippen LogP contribution >= 0.6 is 0 Å². The lowest BCUT2D eigenvalue weighted by Crippen LogP contribution is -2.49. The molecule has 1 fully saturated rings. The van der Waals surface area contributed by atoms with Crippen molar-refractivity contribution < 1.29 is 13.9 Å². The third-order valence-corrected chi connectivity index (χ3v) is 5.30. The van der Waals surface area contributed by atoms with Gasteiger partial charge in [-0.25, -0.2) is 9.07 Å². The summed E-state index contributed by atoms with van der Waals surface area (Å²) >= 11 is 0. The molecule has 2 heterocycles. The molecule has 1 saturated heterocycles. The molecular formula is C23H23FN4O3. The van der Waals surface area contributed by atoms with E-state index in [0.29, 0.717) is 31.7 Å². The lowest BCUT2D eigenvalue weighted by molar-refractivity contribution is 0.0738. The van der Waals surface area contributed by atoms with Gasteiger partial charge >= 0.3 is 0 Å². The molecule has 1 aliphatic rings. The number of rotatable bonds is 5. The SMILES string of the molecule is COc1ccccc1N1CCN(C(=O)c2ccc(=O)n(Cc3cccc(F)c3)n2)CC1. The van der Waals surface area contributed by atoms with E-state index in [9.17, 15) is 14.0 Å². The van der Waals surface area contributed by atoms with Crippen LogP contribution in [0.5, 0.6) is 5.75 Å². The maximum Gasteiger partial charge on any atom is 0.274 e. The summed E-state index contributed by atoms with van der Waals surface area (Å²) in [5, 5.41) is 4.23. The average molecular weight is 422 g/mol. The van der Waals surface area contributed by atoms with Crippen LogP contribution in [0.2, 0.25) is 0 Å². The van der Waals surface area contributed by atoms with Crippen LogP contribution in [0.3, 0.4) is 0 Å². The number of hydrogen-bond donors (Lipinski definition) is 0. The highest BCUT2D eigenvalue weighted by Crippen LogP contribution is 2.28. The first-order chi connectivity index (χ1) is 15.0. The van der Waals surface area contributed by atoms with Gasteiger partial charge in [0, 0.05) is 32.2 Å². The predicted molar refractivity (Wildman–Crippen MR) is 115 cm³/mol. The highest BCUT2D eigenvalue weighted by molar-refractivity contribution is 5.92. The summed E-state index contributed by atoms with van der Waals surface area (Å²) in [5.74, 6) is 0.187. The summed E-state index contributed by atoms with van der Waals surface area (Å²) in [4.78, 5) is 29.1. The molecule has 1 aliphatic heterocycles. The van der Waals surface area contributed by atoms with E-state index in [4.69, 9.17) is 4.74 Å². The lowest BCUT2D eigenvalue weighted by atomic mass is 10.2. The Balaban J connectivity index is 1.46. The summed E-state index contributed by atoms with van der Waals surface area (Å²) in [5.41, 5.74) is 1.45. The fourth-order valence-corrected chi connectivity index (χ4v) is 3.69. The molecule has 0 spiro atoms. The first kappa shape index (κ1) is 20.6. The van der Waals surface area contributed by atoms with Crippen molar-refractivity contribution in [2.24, 2.45) is 0 Å². The van der Waals surface area contributed by atoms with Gasteiger partial charge in [0.25, 0.3) is 11.5 Å². The molecule has 0 unspecified atom stereocenters. The number of anilines is 1. The zero-order chi connectivity index (χ0) is 21.8. The minimum atomic E-state index is -0.384. The van der Waals surface area contributed by atoms with E-state index in [1.165, 1.54) is 28.9 Å². The van der Waals surface area contributed by atoms with Crippen LogP contribution < -0.4 is 15.2 Å². The normalized spacial score (nSPS) is 13.9. The molecule has 0 atom stereocenters. The van der Waals surface area contributed by atoms with E-state index in [1.807, 2.05) is 24.3 Å². The Kier molecular flexibility index (Phi) is 5.97. The Morgan fingerprint density at radius 2 is 1.81 bits per heavy atom. The Hall–Kier alpha value is -3.68. The summed E-state index contributed by atoms with van der Waals surface area (Å²) < 4.78 is 20.1. The van der Waals surface area contributed by atoms with Crippen molar-refractivity contribution in [3.05, 3.63) is 88.1 Å². The Bertz CT molecular complexity index is 1140. The molecule has 31 heavy (non-hydrogen) atoms. The smallest absolute Gasteiger partial charge is 0.274 e. The van der Waals surface area contributed by atoms with Crippen LogP contribution in [0.4, 0.5) is 10.1 Å². The van der Waals surface area contributed by atoms with E-state index in [1.54, 1.807) is 24.1 Å². The molecule has 1 amide bonds. The molecule has 0 N–H and O–H groups in total. The third kappa shape index (κ3) is 4.58. The maximum absolute atomic E-state index is 13.4. The number of ether oxygens (including phenoxy) is 1. The van der Waals surface area contributed by atoms with Gasteiger partial charge in [-0.2, -0.15) is 5.10 Å². The Morgan fingerprint density at radius 3 is 2.55 bits per heavy atom. The lowest BCUT2D eigenvalue weighted by Gasteiger charge is -2.36. The standard InChI is InChI=1S/C23H23FN4O3/c1-31-21-8-3-2-7-20(21)26-11-13-27(14-12-26)23(30)19-9-10-22(29)28(25-19)16-17-5-4-6-18(24)15-17/h2-10,15H,11-14,16H2,1H3. The molecule has 160 valence electrons. The second-order valence-electron chi connectivity index (χ2n) is 7.30. The van der Waals surface area contributed by atoms with Crippen molar-refractivity contribution in [3.8, 4) is 5.75 Å². The number of para-hydroxylation sites is 2. The maximum atomic E-state index is 13.4. The number of benzene rings is 2. The van der Waals surface area contributed by atoms with Gasteiger partial charge in [-0.1, -0.05) is 24.3 Å². The van der Waals surface area contributed by atoms with E-state index < -0.39 is 0 Å². The number of hydrogen-bond acceptors (Lipinski definition) is 5. The number of methoxy groups -OCH3 is 1. The fraction of sp³-hybridized carbons (Fsp3) is 0.261. The molecule has 2 aromatic carbocycles. The molecule has 0 aliphatic carbocycles. The summed E-state index contributed by atoms with van der Waals surface area (Å²) in [7, 11) is 1.64. The van der Waals surface area contributed by atoms with E-state index in [2.05, 4.69) is 10.00 Å². The zero-order valence-corrected chi connectivity index (χ0v) is 17.2. The van der Waals surface area contributed by atoms with Gasteiger partial charge in [0.15, 0.2) is 0 Å². The molecular weight excluding hydrogens is 399 g/mol. The summed E-state index contributed by atoms with van der Waals surface area (Å²) in [6, 6.07) is 16.5. The van der Waals surface area contributed by atoms with Gasteiger partial charge in [-0.3, -0.25) is 9.59 Å². The number of carbonyl (C=O) groups is 1. The van der Waals surface area contributed by atoms with Crippen LogP contribution in [0.15, 0.2) is 65.5 Å². The van der Waals surface area contributed by atoms with Crippen LogP contribution in [0, 0.1) is 5.82 Å². The quantitative estimate of drug-likeness (QED) is 0.632. The summed E-state index contributed by atoms with van der Waals surface area (Å²) in [6.07, 6.45) is 0. The third-order valence-electron chi connectivity index (χ3n) is 5.30. The van der Waals surface area contributed by atoms with Gasteiger partial charge in [0.05, 0.1) is 19.3 Å². The van der Waals surface area contributed by atoms with Crippen molar-refractivity contribution in [3.63, 3.8) is 0 Å². The van der Waals surface area contributed by atoms with Gasteiger partial charge in [0.1, 0.15) is 17.3 Å². The minimum absolute atomic E-state index is 0.0965. The van der Waals surface area contributed by atoms with E-state index >= 15 is 0 Å². The number of nitrogens with zero attached hydrogens (tertiary/aromatic N) is 4. The minimum Gasteiger partial charge on any atom is -0.495 e. The number of aromatic nitrogens is 2. The number of halogens is 1. The van der Waals surface area contributed by atoms with Crippen LogP contribution in [-0.2, 0) is 6.54 Å². The second-order valence-corrected chi connectivity index (χ2v) is 7.30. The van der Waals surface area contributed by atoms with Crippen molar-refractivity contribution in [2.45, 2.75) is 6.54 Å².